The Morgan fingerprint density at radius 1 is 1.42 bits per heavy atom. The molecule has 2 aromatic rings. The van der Waals surface area contributed by atoms with Gasteiger partial charge in [0.25, 0.3) is 5.91 Å². The first-order chi connectivity index (χ1) is 8.97. The topological polar surface area (TPSA) is 68.0 Å². The molecule has 19 heavy (non-hydrogen) atoms. The van der Waals surface area contributed by atoms with Crippen LogP contribution < -0.4 is 11.1 Å². The highest BCUT2D eigenvalue weighted by molar-refractivity contribution is 6.31. The minimum absolute atomic E-state index is 0.102. The molecule has 0 atom stereocenters. The summed E-state index contributed by atoms with van der Waals surface area (Å²) in [5.74, 6) is -0.582. The molecule has 1 heterocycles. The van der Waals surface area contributed by atoms with E-state index in [1.165, 1.54) is 18.3 Å². The van der Waals surface area contributed by atoms with Crippen molar-refractivity contribution in [2.24, 2.45) is 0 Å². The van der Waals surface area contributed by atoms with Crippen molar-refractivity contribution in [3.63, 3.8) is 0 Å². The molecule has 0 fully saturated rings. The van der Waals surface area contributed by atoms with E-state index in [0.717, 1.165) is 11.6 Å². The number of anilines is 2. The Morgan fingerprint density at radius 2 is 2.16 bits per heavy atom. The Labute approximate surface area is 114 Å². The minimum atomic E-state index is -0.569. The highest BCUT2D eigenvalue weighted by Crippen LogP contribution is 2.18. The van der Waals surface area contributed by atoms with Gasteiger partial charge >= 0.3 is 0 Å². The maximum absolute atomic E-state index is 13.0. The van der Waals surface area contributed by atoms with Gasteiger partial charge in [0.05, 0.1) is 16.9 Å². The summed E-state index contributed by atoms with van der Waals surface area (Å²) in [5, 5.41) is 2.51. The predicted molar refractivity (Wildman–Crippen MR) is 72.7 cm³/mol. The summed E-state index contributed by atoms with van der Waals surface area (Å²) in [5.41, 5.74) is 7.08. The number of carbonyl (C=O) groups excluding carboxylic acids is 1. The van der Waals surface area contributed by atoms with Gasteiger partial charge in [-0.3, -0.25) is 4.79 Å². The Kier molecular flexibility index (Phi) is 3.66. The smallest absolute Gasteiger partial charge is 0.256 e. The maximum atomic E-state index is 13.0. The van der Waals surface area contributed by atoms with Gasteiger partial charge in [0.1, 0.15) is 11.6 Å². The van der Waals surface area contributed by atoms with Gasteiger partial charge in [0.2, 0.25) is 0 Å². The monoisotopic (exact) mass is 279 g/mol. The van der Waals surface area contributed by atoms with E-state index in [-0.39, 0.29) is 10.6 Å². The Hall–Kier alpha value is -2.14. The summed E-state index contributed by atoms with van der Waals surface area (Å²) in [6.07, 6.45) is 1.44. The van der Waals surface area contributed by atoms with Gasteiger partial charge in [0.15, 0.2) is 0 Å². The molecule has 0 bridgehead atoms. The van der Waals surface area contributed by atoms with Crippen molar-refractivity contribution in [1.82, 2.24) is 4.98 Å². The molecule has 0 unspecified atom stereocenters. The zero-order chi connectivity index (χ0) is 14.0. The fourth-order valence-corrected chi connectivity index (χ4v) is 1.73. The standard InChI is InChI=1S/C13H11ClFN3O/c1-7-4-9(16)6-17-12(7)18-13(19)8-2-3-11(15)10(14)5-8/h2-6H,16H2,1H3,(H,17,18,19). The van der Waals surface area contributed by atoms with Crippen LogP contribution in [0.5, 0.6) is 0 Å². The van der Waals surface area contributed by atoms with Crippen molar-refractivity contribution in [1.29, 1.82) is 0 Å². The van der Waals surface area contributed by atoms with Crippen LogP contribution in [0.3, 0.4) is 0 Å². The Morgan fingerprint density at radius 3 is 2.79 bits per heavy atom. The Balaban J connectivity index is 2.23. The van der Waals surface area contributed by atoms with Crippen molar-refractivity contribution >= 4 is 29.0 Å². The lowest BCUT2D eigenvalue weighted by molar-refractivity contribution is 0.102. The number of nitrogen functional groups attached to an aromatic ring is 1. The molecule has 0 saturated carbocycles. The van der Waals surface area contributed by atoms with Crippen LogP contribution in [0.1, 0.15) is 15.9 Å². The first kappa shape index (κ1) is 13.3. The van der Waals surface area contributed by atoms with Crippen molar-refractivity contribution in [2.75, 3.05) is 11.1 Å². The number of pyridine rings is 1. The highest BCUT2D eigenvalue weighted by Gasteiger charge is 2.11. The first-order valence-electron chi connectivity index (χ1n) is 5.46. The van der Waals surface area contributed by atoms with Gasteiger partial charge in [-0.25, -0.2) is 9.37 Å². The summed E-state index contributed by atoms with van der Waals surface area (Å²) >= 11 is 5.63. The zero-order valence-electron chi connectivity index (χ0n) is 10.1. The normalized spacial score (nSPS) is 10.3. The third-order valence-corrected chi connectivity index (χ3v) is 2.80. The van der Waals surface area contributed by atoms with Gasteiger partial charge in [0, 0.05) is 5.56 Å². The molecule has 4 nitrogen and oxygen atoms in total. The molecular weight excluding hydrogens is 269 g/mol. The molecule has 1 aromatic carbocycles. The van der Waals surface area contributed by atoms with E-state index < -0.39 is 11.7 Å². The number of aryl methyl sites for hydroxylation is 1. The highest BCUT2D eigenvalue weighted by atomic mass is 35.5. The molecule has 0 saturated heterocycles. The summed E-state index contributed by atoms with van der Waals surface area (Å²) < 4.78 is 13.0. The number of hydrogen-bond donors (Lipinski definition) is 2. The number of amides is 1. The third-order valence-electron chi connectivity index (χ3n) is 2.51. The molecule has 2 rings (SSSR count). The molecule has 0 spiro atoms. The van der Waals surface area contributed by atoms with Crippen LogP contribution in [0.25, 0.3) is 0 Å². The van der Waals surface area contributed by atoms with Gasteiger partial charge < -0.3 is 11.1 Å². The second-order valence-electron chi connectivity index (χ2n) is 4.02. The second-order valence-corrected chi connectivity index (χ2v) is 4.42. The molecule has 0 aliphatic rings. The van der Waals surface area contributed by atoms with Crippen LogP contribution >= 0.6 is 11.6 Å². The molecule has 0 aliphatic heterocycles. The zero-order valence-corrected chi connectivity index (χ0v) is 10.8. The van der Waals surface area contributed by atoms with Gasteiger partial charge in [-0.15, -0.1) is 0 Å². The number of hydrogen-bond acceptors (Lipinski definition) is 3. The lowest BCUT2D eigenvalue weighted by atomic mass is 10.2. The fourth-order valence-electron chi connectivity index (χ4n) is 1.54. The molecule has 1 aromatic heterocycles. The quantitative estimate of drug-likeness (QED) is 0.888. The van der Waals surface area contributed by atoms with Crippen LogP contribution in [-0.2, 0) is 0 Å². The van der Waals surface area contributed by atoms with Crippen molar-refractivity contribution in [2.45, 2.75) is 6.92 Å². The summed E-state index contributed by atoms with van der Waals surface area (Å²) in [6.45, 7) is 1.77. The van der Waals surface area contributed by atoms with E-state index in [9.17, 15) is 9.18 Å². The summed E-state index contributed by atoms with van der Waals surface area (Å²) in [7, 11) is 0. The van der Waals surface area contributed by atoms with E-state index in [4.69, 9.17) is 17.3 Å². The number of carbonyl (C=O) groups is 1. The second kappa shape index (κ2) is 5.24. The SMILES string of the molecule is Cc1cc(N)cnc1NC(=O)c1ccc(F)c(Cl)c1. The number of rotatable bonds is 2. The molecule has 3 N–H and O–H groups in total. The number of aromatic nitrogens is 1. The molecule has 6 heteroatoms. The number of halogens is 2. The lowest BCUT2D eigenvalue weighted by Gasteiger charge is -2.08. The first-order valence-corrected chi connectivity index (χ1v) is 5.83. The van der Waals surface area contributed by atoms with Crippen LogP contribution in [0.4, 0.5) is 15.9 Å². The van der Waals surface area contributed by atoms with Gasteiger partial charge in [-0.1, -0.05) is 11.6 Å². The molecule has 0 radical (unpaired) electrons. The number of nitrogens with one attached hydrogen (secondary N) is 1. The average Bonchev–Trinajstić information content (AvgIpc) is 2.36. The van der Waals surface area contributed by atoms with Gasteiger partial charge in [-0.05, 0) is 36.8 Å². The van der Waals surface area contributed by atoms with Crippen molar-refractivity contribution < 1.29 is 9.18 Å². The molecule has 0 aliphatic carbocycles. The molecule has 98 valence electrons. The van der Waals surface area contributed by atoms with Crippen LogP contribution in [0.2, 0.25) is 5.02 Å². The summed E-state index contributed by atoms with van der Waals surface area (Å²) in [4.78, 5) is 16.0. The summed E-state index contributed by atoms with van der Waals surface area (Å²) in [6, 6.07) is 5.45. The molecular formula is C13H11ClFN3O. The van der Waals surface area contributed by atoms with Crippen LogP contribution in [0.15, 0.2) is 30.5 Å². The van der Waals surface area contributed by atoms with Crippen molar-refractivity contribution in [3.05, 3.63) is 52.4 Å². The number of nitrogens with two attached hydrogens (primary N) is 1. The van der Waals surface area contributed by atoms with E-state index in [2.05, 4.69) is 10.3 Å². The van der Waals surface area contributed by atoms with E-state index in [1.54, 1.807) is 13.0 Å². The average molecular weight is 280 g/mol. The number of nitrogens with zero attached hydrogens (tertiary/aromatic N) is 1. The lowest BCUT2D eigenvalue weighted by Crippen LogP contribution is -2.14. The largest absolute Gasteiger partial charge is 0.397 e. The van der Waals surface area contributed by atoms with E-state index >= 15 is 0 Å². The van der Waals surface area contributed by atoms with E-state index in [0.29, 0.717) is 11.5 Å². The third kappa shape index (κ3) is 3.00. The van der Waals surface area contributed by atoms with Crippen LogP contribution in [0, 0.1) is 12.7 Å². The number of benzene rings is 1. The van der Waals surface area contributed by atoms with Crippen molar-refractivity contribution in [3.8, 4) is 0 Å². The fraction of sp³-hybridized carbons (Fsp3) is 0.0769. The Bertz CT molecular complexity index is 646. The predicted octanol–water partition coefficient (Wildman–Crippen LogP) is 3.02. The maximum Gasteiger partial charge on any atom is 0.256 e. The van der Waals surface area contributed by atoms with Gasteiger partial charge in [-0.2, -0.15) is 0 Å². The molecule has 1 amide bonds. The van der Waals surface area contributed by atoms with E-state index in [1.807, 2.05) is 0 Å². The van der Waals surface area contributed by atoms with Crippen LogP contribution in [-0.4, -0.2) is 10.9 Å². The minimum Gasteiger partial charge on any atom is -0.397 e.